The molecule has 1 heterocycles. The summed E-state index contributed by atoms with van der Waals surface area (Å²) in [6.07, 6.45) is 4.97. The summed E-state index contributed by atoms with van der Waals surface area (Å²) in [5, 5.41) is 3.65. The van der Waals surface area contributed by atoms with Gasteiger partial charge in [0, 0.05) is 17.3 Å². The number of aryl methyl sites for hydroxylation is 1. The molecule has 0 saturated heterocycles. The van der Waals surface area contributed by atoms with Crippen LogP contribution in [-0.4, -0.2) is 17.3 Å². The van der Waals surface area contributed by atoms with Gasteiger partial charge in [0.05, 0.1) is 6.04 Å². The Balaban J connectivity index is 2.29. The van der Waals surface area contributed by atoms with E-state index in [4.69, 9.17) is 0 Å². The maximum atomic E-state index is 4.30. The number of thioether (sulfide) groups is 1. The number of nitrogens with one attached hydrogen (secondary N) is 1. The molecule has 0 bridgehead atoms. The summed E-state index contributed by atoms with van der Waals surface area (Å²) < 4.78 is 0. The Morgan fingerprint density at radius 3 is 2.52 bits per heavy atom. The molecule has 0 amide bonds. The van der Waals surface area contributed by atoms with E-state index in [1.54, 1.807) is 0 Å². The Hall–Kier alpha value is -1.32. The lowest BCUT2D eigenvalue weighted by Gasteiger charge is -2.21. The monoisotopic (exact) mass is 300 g/mol. The molecule has 0 aliphatic heterocycles. The number of hydrogen-bond acceptors (Lipinski definition) is 3. The third-order valence-electron chi connectivity index (χ3n) is 3.51. The van der Waals surface area contributed by atoms with Crippen LogP contribution in [0.1, 0.15) is 43.0 Å². The third kappa shape index (κ3) is 4.32. The molecule has 2 aromatic rings. The van der Waals surface area contributed by atoms with Gasteiger partial charge in [0.25, 0.3) is 0 Å². The van der Waals surface area contributed by atoms with Crippen LogP contribution in [0.3, 0.4) is 0 Å². The first kappa shape index (κ1) is 16.1. The zero-order valence-corrected chi connectivity index (χ0v) is 13.9. The number of benzene rings is 1. The van der Waals surface area contributed by atoms with Gasteiger partial charge in [-0.2, -0.15) is 0 Å². The lowest BCUT2D eigenvalue weighted by molar-refractivity contribution is 0.594. The van der Waals surface area contributed by atoms with Gasteiger partial charge in [-0.05, 0) is 60.5 Å². The van der Waals surface area contributed by atoms with Crippen molar-refractivity contribution >= 4 is 11.8 Å². The molecule has 0 radical (unpaired) electrons. The lowest BCUT2D eigenvalue weighted by Crippen LogP contribution is -2.24. The van der Waals surface area contributed by atoms with Crippen molar-refractivity contribution in [1.29, 1.82) is 0 Å². The molecule has 1 aromatic heterocycles. The summed E-state index contributed by atoms with van der Waals surface area (Å²) in [6, 6.07) is 11.2. The van der Waals surface area contributed by atoms with Crippen molar-refractivity contribution in [2.75, 3.05) is 12.3 Å². The van der Waals surface area contributed by atoms with Crippen molar-refractivity contribution in [1.82, 2.24) is 10.3 Å². The lowest BCUT2D eigenvalue weighted by atomic mass is 9.96. The Labute approximate surface area is 132 Å². The van der Waals surface area contributed by atoms with Gasteiger partial charge in [-0.1, -0.05) is 26.0 Å². The first-order valence-corrected chi connectivity index (χ1v) is 8.61. The van der Waals surface area contributed by atoms with Crippen molar-refractivity contribution in [2.24, 2.45) is 0 Å². The molecular weight excluding hydrogens is 276 g/mol. The van der Waals surface area contributed by atoms with Crippen LogP contribution in [0.5, 0.6) is 0 Å². The molecule has 0 saturated carbocycles. The first-order valence-electron chi connectivity index (χ1n) is 7.63. The number of rotatable bonds is 7. The zero-order valence-electron chi connectivity index (χ0n) is 13.1. The van der Waals surface area contributed by atoms with Gasteiger partial charge in [0.1, 0.15) is 0 Å². The van der Waals surface area contributed by atoms with Crippen LogP contribution in [0.25, 0.3) is 0 Å². The average Bonchev–Trinajstić information content (AvgIpc) is 2.51. The van der Waals surface area contributed by atoms with Crippen LogP contribution in [0, 0.1) is 6.92 Å². The van der Waals surface area contributed by atoms with E-state index in [9.17, 15) is 0 Å². The maximum absolute atomic E-state index is 4.30. The summed E-state index contributed by atoms with van der Waals surface area (Å²) in [6.45, 7) is 7.54. The SMILES string of the molecule is CCCNC(c1ccc(SCC)cc1)c1cnccc1C. The van der Waals surface area contributed by atoms with Gasteiger partial charge in [0.2, 0.25) is 0 Å². The molecule has 0 aliphatic rings. The fraction of sp³-hybridized carbons (Fsp3) is 0.389. The van der Waals surface area contributed by atoms with E-state index in [0.717, 1.165) is 18.7 Å². The highest BCUT2D eigenvalue weighted by molar-refractivity contribution is 7.99. The summed E-state index contributed by atoms with van der Waals surface area (Å²) in [5.74, 6) is 1.11. The average molecular weight is 300 g/mol. The summed E-state index contributed by atoms with van der Waals surface area (Å²) in [7, 11) is 0. The van der Waals surface area contributed by atoms with Gasteiger partial charge < -0.3 is 5.32 Å². The molecule has 2 nitrogen and oxygen atoms in total. The molecule has 1 N–H and O–H groups in total. The molecule has 112 valence electrons. The molecule has 1 unspecified atom stereocenters. The second-order valence-corrected chi connectivity index (χ2v) is 6.46. The first-order chi connectivity index (χ1) is 10.3. The molecule has 0 spiro atoms. The van der Waals surface area contributed by atoms with Crippen LogP contribution >= 0.6 is 11.8 Å². The van der Waals surface area contributed by atoms with Crippen molar-refractivity contribution in [2.45, 2.75) is 38.1 Å². The van der Waals surface area contributed by atoms with Crippen molar-refractivity contribution in [3.8, 4) is 0 Å². The number of hydrogen-bond donors (Lipinski definition) is 1. The van der Waals surface area contributed by atoms with E-state index < -0.39 is 0 Å². The van der Waals surface area contributed by atoms with Gasteiger partial charge in [0.15, 0.2) is 0 Å². The van der Waals surface area contributed by atoms with Crippen LogP contribution in [-0.2, 0) is 0 Å². The van der Waals surface area contributed by atoms with Gasteiger partial charge >= 0.3 is 0 Å². The van der Waals surface area contributed by atoms with Gasteiger partial charge in [-0.15, -0.1) is 11.8 Å². The Kier molecular flexibility index (Phi) is 6.27. The highest BCUT2D eigenvalue weighted by Gasteiger charge is 2.15. The smallest absolute Gasteiger partial charge is 0.0594 e. The fourth-order valence-electron chi connectivity index (χ4n) is 2.40. The number of nitrogens with zero attached hydrogens (tertiary/aromatic N) is 1. The molecule has 2 rings (SSSR count). The number of aromatic nitrogens is 1. The standard InChI is InChI=1S/C18H24N2S/c1-4-11-20-18(17-13-19-12-10-14(17)3)15-6-8-16(9-7-15)21-5-2/h6-10,12-13,18,20H,4-5,11H2,1-3H3. The Morgan fingerprint density at radius 2 is 1.90 bits per heavy atom. The quantitative estimate of drug-likeness (QED) is 0.757. The topological polar surface area (TPSA) is 24.9 Å². The molecule has 3 heteroatoms. The number of pyridine rings is 1. The molecule has 0 aliphatic carbocycles. The predicted molar refractivity (Wildman–Crippen MR) is 92.0 cm³/mol. The largest absolute Gasteiger partial charge is 0.306 e. The maximum Gasteiger partial charge on any atom is 0.0594 e. The van der Waals surface area contributed by atoms with Crippen molar-refractivity contribution in [3.05, 3.63) is 59.4 Å². The third-order valence-corrected chi connectivity index (χ3v) is 4.41. The molecule has 1 atom stereocenters. The van der Waals surface area contributed by atoms with Crippen molar-refractivity contribution in [3.63, 3.8) is 0 Å². The van der Waals surface area contributed by atoms with E-state index in [1.165, 1.54) is 21.6 Å². The minimum atomic E-state index is 0.222. The highest BCUT2D eigenvalue weighted by atomic mass is 32.2. The minimum Gasteiger partial charge on any atom is -0.306 e. The minimum absolute atomic E-state index is 0.222. The van der Waals surface area contributed by atoms with E-state index in [0.29, 0.717) is 0 Å². The highest BCUT2D eigenvalue weighted by Crippen LogP contribution is 2.26. The molecule has 21 heavy (non-hydrogen) atoms. The van der Waals surface area contributed by atoms with Crippen LogP contribution in [0.4, 0.5) is 0 Å². The van der Waals surface area contributed by atoms with Gasteiger partial charge in [-0.3, -0.25) is 4.98 Å². The zero-order chi connectivity index (χ0) is 15.1. The second-order valence-electron chi connectivity index (χ2n) is 5.12. The predicted octanol–water partition coefficient (Wildman–Crippen LogP) is 4.59. The fourth-order valence-corrected chi connectivity index (χ4v) is 3.06. The van der Waals surface area contributed by atoms with Crippen LogP contribution < -0.4 is 5.32 Å². The normalized spacial score (nSPS) is 12.3. The summed E-state index contributed by atoms with van der Waals surface area (Å²) >= 11 is 1.88. The Bertz CT molecular complexity index is 551. The molecule has 0 fully saturated rings. The second kappa shape index (κ2) is 8.20. The van der Waals surface area contributed by atoms with E-state index in [2.05, 4.69) is 61.4 Å². The van der Waals surface area contributed by atoms with E-state index in [-0.39, 0.29) is 6.04 Å². The molecule has 1 aromatic carbocycles. The van der Waals surface area contributed by atoms with Crippen LogP contribution in [0.15, 0.2) is 47.6 Å². The summed E-state index contributed by atoms with van der Waals surface area (Å²) in [5.41, 5.74) is 3.85. The van der Waals surface area contributed by atoms with E-state index in [1.807, 2.05) is 24.2 Å². The van der Waals surface area contributed by atoms with Crippen LogP contribution in [0.2, 0.25) is 0 Å². The van der Waals surface area contributed by atoms with E-state index >= 15 is 0 Å². The van der Waals surface area contributed by atoms with Gasteiger partial charge in [-0.25, -0.2) is 0 Å². The summed E-state index contributed by atoms with van der Waals surface area (Å²) in [4.78, 5) is 5.63. The Morgan fingerprint density at radius 1 is 1.14 bits per heavy atom. The van der Waals surface area contributed by atoms with Crippen molar-refractivity contribution < 1.29 is 0 Å². The molecular formula is C18H24N2S.